The molecule has 0 fully saturated rings. The molecule has 0 aliphatic heterocycles. The van der Waals surface area contributed by atoms with Gasteiger partial charge in [0.15, 0.2) is 5.13 Å². The Hall–Kier alpha value is -2.36. The maximum atomic E-state index is 14.2. The van der Waals surface area contributed by atoms with Crippen molar-refractivity contribution in [1.82, 2.24) is 4.98 Å². The van der Waals surface area contributed by atoms with Crippen molar-refractivity contribution in [3.05, 3.63) is 29.4 Å². The fraction of sp³-hybridized carbons (Fsp3) is 0.267. The van der Waals surface area contributed by atoms with Gasteiger partial charge >= 0.3 is 0 Å². The topological polar surface area (TPSA) is 106 Å². The van der Waals surface area contributed by atoms with Crippen molar-refractivity contribution in [2.75, 3.05) is 24.4 Å². The minimum atomic E-state index is -0.809. The Morgan fingerprint density at radius 3 is 2.79 bits per heavy atom. The van der Waals surface area contributed by atoms with Crippen molar-refractivity contribution in [1.29, 1.82) is 0 Å². The number of halogens is 1. The molecule has 2 aromatic rings. The molecule has 0 aliphatic carbocycles. The first-order valence-electron chi connectivity index (χ1n) is 6.99. The van der Waals surface area contributed by atoms with Gasteiger partial charge < -0.3 is 21.1 Å². The lowest BCUT2D eigenvalue weighted by molar-refractivity contribution is -0.118. The SMILES string of the molecule is COCC(N)C(=O)Nc1nc(-c2ccc(NC(C)=O)cc2F)cs1. The minimum Gasteiger partial charge on any atom is -0.383 e. The molecule has 4 N–H and O–H groups in total. The zero-order chi connectivity index (χ0) is 17.7. The molecule has 0 saturated carbocycles. The van der Waals surface area contributed by atoms with Crippen LogP contribution in [0.2, 0.25) is 0 Å². The third kappa shape index (κ3) is 4.57. The number of nitrogens with two attached hydrogens (primary N) is 1. The lowest BCUT2D eigenvalue weighted by atomic mass is 10.1. The van der Waals surface area contributed by atoms with Crippen LogP contribution in [-0.4, -0.2) is 36.6 Å². The molecular formula is C15H17FN4O3S. The number of methoxy groups -OCH3 is 1. The molecule has 1 aromatic carbocycles. The fourth-order valence-corrected chi connectivity index (χ4v) is 2.63. The number of aromatic nitrogens is 1. The van der Waals surface area contributed by atoms with E-state index in [1.165, 1.54) is 26.2 Å². The standard InChI is InChI=1S/C15H17FN4O3S/c1-8(21)18-9-3-4-10(11(16)5-9)13-7-24-15(19-13)20-14(22)12(17)6-23-2/h3-5,7,12H,6,17H2,1-2H3,(H,18,21)(H,19,20,22). The number of rotatable bonds is 6. The van der Waals surface area contributed by atoms with E-state index in [2.05, 4.69) is 15.6 Å². The highest BCUT2D eigenvalue weighted by Crippen LogP contribution is 2.28. The van der Waals surface area contributed by atoms with Gasteiger partial charge in [0, 0.05) is 30.7 Å². The summed E-state index contributed by atoms with van der Waals surface area (Å²) in [6.45, 7) is 1.43. The van der Waals surface area contributed by atoms with Gasteiger partial charge in [-0.1, -0.05) is 0 Å². The van der Waals surface area contributed by atoms with Gasteiger partial charge in [-0.25, -0.2) is 9.37 Å². The predicted molar refractivity (Wildman–Crippen MR) is 90.3 cm³/mol. The maximum absolute atomic E-state index is 14.2. The van der Waals surface area contributed by atoms with E-state index in [0.29, 0.717) is 16.5 Å². The van der Waals surface area contributed by atoms with Crippen molar-refractivity contribution in [3.63, 3.8) is 0 Å². The van der Waals surface area contributed by atoms with Crippen LogP contribution in [0.25, 0.3) is 11.3 Å². The first-order chi connectivity index (χ1) is 11.4. The monoisotopic (exact) mass is 352 g/mol. The molecule has 1 aromatic heterocycles. The second kappa shape index (κ2) is 7.95. The highest BCUT2D eigenvalue weighted by molar-refractivity contribution is 7.14. The molecule has 2 amide bonds. The molecule has 2 rings (SSSR count). The summed E-state index contributed by atoms with van der Waals surface area (Å²) in [5.74, 6) is -1.24. The Bertz CT molecular complexity index is 750. The second-order valence-corrected chi connectivity index (χ2v) is 5.82. The molecule has 1 unspecified atom stereocenters. The van der Waals surface area contributed by atoms with Gasteiger partial charge in [0.05, 0.1) is 12.3 Å². The number of nitrogens with one attached hydrogen (secondary N) is 2. The lowest BCUT2D eigenvalue weighted by Gasteiger charge is -2.08. The number of ether oxygens (including phenoxy) is 1. The summed E-state index contributed by atoms with van der Waals surface area (Å²) in [7, 11) is 1.45. The highest BCUT2D eigenvalue weighted by Gasteiger charge is 2.16. The van der Waals surface area contributed by atoms with Gasteiger partial charge in [-0.05, 0) is 18.2 Å². The van der Waals surface area contributed by atoms with E-state index in [1.807, 2.05) is 0 Å². The molecule has 128 valence electrons. The van der Waals surface area contributed by atoms with Crippen LogP contribution in [0.4, 0.5) is 15.2 Å². The zero-order valence-corrected chi connectivity index (χ0v) is 13.9. The van der Waals surface area contributed by atoms with Crippen LogP contribution in [0.1, 0.15) is 6.92 Å². The molecule has 0 radical (unpaired) electrons. The van der Waals surface area contributed by atoms with E-state index in [-0.39, 0.29) is 18.1 Å². The number of thiazole rings is 1. The Labute approximate surface area is 142 Å². The Morgan fingerprint density at radius 2 is 2.17 bits per heavy atom. The summed E-state index contributed by atoms with van der Waals surface area (Å²) in [5.41, 5.74) is 6.62. The van der Waals surface area contributed by atoms with Gasteiger partial charge in [0.2, 0.25) is 11.8 Å². The number of anilines is 2. The number of benzene rings is 1. The molecule has 1 atom stereocenters. The Morgan fingerprint density at radius 1 is 1.42 bits per heavy atom. The Balaban J connectivity index is 2.13. The zero-order valence-electron chi connectivity index (χ0n) is 13.1. The molecule has 0 aliphatic rings. The first kappa shape index (κ1) is 18.0. The predicted octanol–water partition coefficient (Wildman–Crippen LogP) is 1.82. The number of nitrogens with zero attached hydrogens (tertiary/aromatic N) is 1. The van der Waals surface area contributed by atoms with Gasteiger partial charge in [-0.3, -0.25) is 9.59 Å². The molecule has 0 bridgehead atoms. The maximum Gasteiger partial charge on any atom is 0.245 e. The average molecular weight is 352 g/mol. The van der Waals surface area contributed by atoms with E-state index in [4.69, 9.17) is 10.5 Å². The van der Waals surface area contributed by atoms with Crippen LogP contribution in [0.5, 0.6) is 0 Å². The van der Waals surface area contributed by atoms with Gasteiger partial charge in [-0.15, -0.1) is 11.3 Å². The molecule has 1 heterocycles. The second-order valence-electron chi connectivity index (χ2n) is 4.96. The molecule has 7 nitrogen and oxygen atoms in total. The van der Waals surface area contributed by atoms with Crippen molar-refractivity contribution in [2.24, 2.45) is 5.73 Å². The van der Waals surface area contributed by atoms with Gasteiger partial charge in [0.1, 0.15) is 11.9 Å². The van der Waals surface area contributed by atoms with Crippen LogP contribution in [0.3, 0.4) is 0 Å². The summed E-state index contributed by atoms with van der Waals surface area (Å²) < 4.78 is 19.0. The largest absolute Gasteiger partial charge is 0.383 e. The highest BCUT2D eigenvalue weighted by atomic mass is 32.1. The lowest BCUT2D eigenvalue weighted by Crippen LogP contribution is -2.39. The van der Waals surface area contributed by atoms with Crippen molar-refractivity contribution in [3.8, 4) is 11.3 Å². The Kier molecular flexibility index (Phi) is 5.96. The quantitative estimate of drug-likeness (QED) is 0.735. The third-order valence-electron chi connectivity index (χ3n) is 2.98. The van der Waals surface area contributed by atoms with Crippen LogP contribution in [-0.2, 0) is 14.3 Å². The number of hydrogen-bond donors (Lipinski definition) is 3. The van der Waals surface area contributed by atoms with E-state index in [9.17, 15) is 14.0 Å². The average Bonchev–Trinajstić information content (AvgIpc) is 2.95. The minimum absolute atomic E-state index is 0.0866. The molecule has 24 heavy (non-hydrogen) atoms. The van der Waals surface area contributed by atoms with Crippen LogP contribution < -0.4 is 16.4 Å². The van der Waals surface area contributed by atoms with E-state index < -0.39 is 17.8 Å². The van der Waals surface area contributed by atoms with E-state index in [1.54, 1.807) is 11.4 Å². The van der Waals surface area contributed by atoms with Crippen molar-refractivity contribution < 1.29 is 18.7 Å². The number of amides is 2. The van der Waals surface area contributed by atoms with Crippen molar-refractivity contribution >= 4 is 34.0 Å². The van der Waals surface area contributed by atoms with Gasteiger partial charge in [-0.2, -0.15) is 0 Å². The smallest absolute Gasteiger partial charge is 0.245 e. The summed E-state index contributed by atoms with van der Waals surface area (Å²) in [4.78, 5) is 27.0. The first-order valence-corrected chi connectivity index (χ1v) is 7.87. The van der Waals surface area contributed by atoms with Crippen LogP contribution in [0.15, 0.2) is 23.6 Å². The summed E-state index contributed by atoms with van der Waals surface area (Å²) >= 11 is 1.16. The number of carbonyl (C=O) groups excluding carboxylic acids is 2. The van der Waals surface area contributed by atoms with E-state index >= 15 is 0 Å². The van der Waals surface area contributed by atoms with Gasteiger partial charge in [0.25, 0.3) is 0 Å². The normalized spacial score (nSPS) is 11.8. The third-order valence-corrected chi connectivity index (χ3v) is 3.74. The fourth-order valence-electron chi connectivity index (χ4n) is 1.91. The van der Waals surface area contributed by atoms with Crippen LogP contribution in [0, 0.1) is 5.82 Å². The summed E-state index contributed by atoms with van der Waals surface area (Å²) in [6.07, 6.45) is 0. The summed E-state index contributed by atoms with van der Waals surface area (Å²) in [5, 5.41) is 6.99. The number of carbonyl (C=O) groups is 2. The summed E-state index contributed by atoms with van der Waals surface area (Å²) in [6, 6.07) is 3.49. The number of hydrogen-bond acceptors (Lipinski definition) is 6. The van der Waals surface area contributed by atoms with E-state index in [0.717, 1.165) is 11.3 Å². The molecular weight excluding hydrogens is 335 g/mol. The molecule has 0 spiro atoms. The van der Waals surface area contributed by atoms with Crippen molar-refractivity contribution in [2.45, 2.75) is 13.0 Å². The van der Waals surface area contributed by atoms with Crippen LogP contribution >= 0.6 is 11.3 Å². The molecule has 9 heteroatoms. The molecule has 0 saturated heterocycles.